The highest BCUT2D eigenvalue weighted by molar-refractivity contribution is 6.17. The molecule has 240 valence electrons. The second-order valence-electron chi connectivity index (χ2n) is 11.2. The molecule has 47 heavy (non-hydrogen) atoms. The maximum atomic E-state index is 17.3. The Morgan fingerprint density at radius 2 is 1.34 bits per heavy atom. The molecule has 0 fully saturated rings. The third-order valence-corrected chi connectivity index (χ3v) is 7.97. The minimum Gasteiger partial charge on any atom is -0.469 e. The molecule has 0 saturated heterocycles. The molecule has 9 nitrogen and oxygen atoms in total. The zero-order valence-corrected chi connectivity index (χ0v) is 26.0. The van der Waals surface area contributed by atoms with Crippen LogP contribution in [0.1, 0.15) is 49.7 Å². The van der Waals surface area contributed by atoms with Gasteiger partial charge in [0.2, 0.25) is 5.91 Å². The maximum Gasteiger partial charge on any atom is 0.305 e. The molecule has 1 atom stereocenters. The van der Waals surface area contributed by atoms with Crippen LogP contribution in [0.2, 0.25) is 0 Å². The summed E-state index contributed by atoms with van der Waals surface area (Å²) in [6.45, 7) is 0. The standard InChI is InChI=1S/C37H35FN4O5/c1-47-33(45)17-5-3-2-4-16-32(44)41-29-20-18-28(19-21-29)37(38,31(43)24-27-12-6-10-25-13-8-22-39-34(25)27)36(46)42-30-15-7-11-26-14-9-23-40-35(26)30/h6-15,18-23H,2-5,16-17,24H2,1H3,(H,41,44)(H,42,46). The predicted octanol–water partition coefficient (Wildman–Crippen LogP) is 6.85. The number of ketones is 1. The predicted molar refractivity (Wildman–Crippen MR) is 178 cm³/mol. The van der Waals surface area contributed by atoms with Crippen molar-refractivity contribution >= 4 is 56.7 Å². The number of pyridine rings is 2. The lowest BCUT2D eigenvalue weighted by atomic mass is 9.86. The zero-order valence-electron chi connectivity index (χ0n) is 26.0. The van der Waals surface area contributed by atoms with Crippen molar-refractivity contribution in [3.8, 4) is 0 Å². The van der Waals surface area contributed by atoms with Crippen molar-refractivity contribution < 1.29 is 28.3 Å². The molecule has 5 rings (SSSR count). The van der Waals surface area contributed by atoms with Crippen molar-refractivity contribution in [2.75, 3.05) is 17.7 Å². The number of fused-ring (bicyclic) bond motifs is 2. The van der Waals surface area contributed by atoms with Crippen LogP contribution < -0.4 is 10.6 Å². The molecule has 0 bridgehead atoms. The molecular weight excluding hydrogens is 599 g/mol. The lowest BCUT2D eigenvalue weighted by Crippen LogP contribution is -2.44. The van der Waals surface area contributed by atoms with Crippen molar-refractivity contribution in [2.45, 2.75) is 50.6 Å². The second-order valence-corrected chi connectivity index (χ2v) is 11.2. The van der Waals surface area contributed by atoms with E-state index in [1.165, 1.54) is 31.4 Å². The molecule has 3 aromatic carbocycles. The number of amides is 2. The fraction of sp³-hybridized carbons (Fsp3) is 0.243. The molecule has 0 aliphatic heterocycles. The van der Waals surface area contributed by atoms with Gasteiger partial charge in [0.15, 0.2) is 5.78 Å². The van der Waals surface area contributed by atoms with Crippen LogP contribution in [-0.2, 0) is 36.0 Å². The first kappa shape index (κ1) is 32.9. The van der Waals surface area contributed by atoms with E-state index in [4.69, 9.17) is 0 Å². The van der Waals surface area contributed by atoms with Gasteiger partial charge in [0.25, 0.3) is 11.6 Å². The first-order chi connectivity index (χ1) is 22.8. The van der Waals surface area contributed by atoms with Gasteiger partial charge in [-0.2, -0.15) is 0 Å². The van der Waals surface area contributed by atoms with Gasteiger partial charge in [-0.05, 0) is 48.7 Å². The van der Waals surface area contributed by atoms with Gasteiger partial charge in [0.05, 0.1) is 23.8 Å². The largest absolute Gasteiger partial charge is 0.469 e. The summed E-state index contributed by atoms with van der Waals surface area (Å²) in [6.07, 6.45) is 6.31. The van der Waals surface area contributed by atoms with Gasteiger partial charge in [-0.15, -0.1) is 0 Å². The Kier molecular flexibility index (Phi) is 10.6. The van der Waals surface area contributed by atoms with Crippen LogP contribution in [0.15, 0.2) is 97.3 Å². The maximum absolute atomic E-state index is 17.3. The molecular formula is C37H35FN4O5. The molecule has 5 aromatic rings. The van der Waals surface area contributed by atoms with E-state index < -0.39 is 17.4 Å². The quantitative estimate of drug-likeness (QED) is 0.0777. The molecule has 0 aliphatic carbocycles. The molecule has 10 heteroatoms. The zero-order chi connectivity index (χ0) is 33.2. The lowest BCUT2D eigenvalue weighted by molar-refractivity contribution is -0.142. The minimum absolute atomic E-state index is 0.176. The van der Waals surface area contributed by atoms with E-state index in [1.54, 1.807) is 48.8 Å². The van der Waals surface area contributed by atoms with Gasteiger partial charge >= 0.3 is 5.97 Å². The summed E-state index contributed by atoms with van der Waals surface area (Å²) >= 11 is 0. The molecule has 0 aliphatic rings. The van der Waals surface area contributed by atoms with Gasteiger partial charge < -0.3 is 15.4 Å². The van der Waals surface area contributed by atoms with Gasteiger partial charge in [-0.3, -0.25) is 29.1 Å². The molecule has 0 spiro atoms. The Morgan fingerprint density at radius 3 is 2.04 bits per heavy atom. The number of nitrogens with zero attached hydrogens (tertiary/aromatic N) is 2. The van der Waals surface area contributed by atoms with Crippen molar-refractivity contribution in [1.82, 2.24) is 9.97 Å². The number of benzene rings is 3. The molecule has 1 unspecified atom stereocenters. The molecule has 2 aromatic heterocycles. The summed E-state index contributed by atoms with van der Waals surface area (Å²) in [5, 5.41) is 6.92. The number of para-hydroxylation sites is 2. The number of carbonyl (C=O) groups is 4. The van der Waals surface area contributed by atoms with Crippen LogP contribution in [-0.4, -0.2) is 40.6 Å². The van der Waals surface area contributed by atoms with Crippen molar-refractivity contribution in [3.63, 3.8) is 0 Å². The van der Waals surface area contributed by atoms with Crippen molar-refractivity contribution in [2.24, 2.45) is 0 Å². The fourth-order valence-corrected chi connectivity index (χ4v) is 5.45. The van der Waals surface area contributed by atoms with E-state index in [9.17, 15) is 19.2 Å². The molecule has 2 N–H and O–H groups in total. The van der Waals surface area contributed by atoms with E-state index in [0.717, 1.165) is 23.6 Å². The van der Waals surface area contributed by atoms with Crippen molar-refractivity contribution in [3.05, 3.63) is 108 Å². The molecule has 2 heterocycles. The SMILES string of the molecule is COC(=O)CCCCCCC(=O)Nc1ccc(C(F)(C(=O)Cc2cccc3cccnc23)C(=O)Nc2cccc3cccnc23)cc1. The average Bonchev–Trinajstić information content (AvgIpc) is 3.09. The summed E-state index contributed by atoms with van der Waals surface area (Å²) in [4.78, 5) is 60.2. The number of methoxy groups -OCH3 is 1. The fourth-order valence-electron chi connectivity index (χ4n) is 5.45. The number of Topliss-reactive ketones (excluding diaryl/α,β-unsaturated/α-hetero) is 1. The number of halogens is 1. The number of unbranched alkanes of at least 4 members (excludes halogenated alkanes) is 3. The average molecular weight is 635 g/mol. The summed E-state index contributed by atoms with van der Waals surface area (Å²) in [6, 6.07) is 23.2. The number of rotatable bonds is 14. The Bertz CT molecular complexity index is 1810. The number of nitrogens with one attached hydrogen (secondary N) is 2. The second kappa shape index (κ2) is 15.2. The summed E-state index contributed by atoms with van der Waals surface area (Å²) in [5.41, 5.74) is -1.10. The molecule has 0 saturated carbocycles. The monoisotopic (exact) mass is 634 g/mol. The summed E-state index contributed by atoms with van der Waals surface area (Å²) < 4.78 is 21.9. The summed E-state index contributed by atoms with van der Waals surface area (Å²) in [5.74, 6) is -2.60. The summed E-state index contributed by atoms with van der Waals surface area (Å²) in [7, 11) is 1.35. The van der Waals surface area contributed by atoms with E-state index in [-0.39, 0.29) is 36.0 Å². The van der Waals surface area contributed by atoms with Crippen LogP contribution in [0, 0.1) is 0 Å². The van der Waals surface area contributed by atoms with Gasteiger partial charge in [-0.25, -0.2) is 4.39 Å². The Balaban J connectivity index is 1.35. The van der Waals surface area contributed by atoms with Gasteiger partial charge in [0, 0.05) is 53.7 Å². The Hall–Kier alpha value is -5.51. The van der Waals surface area contributed by atoms with Crippen LogP contribution >= 0.6 is 0 Å². The Labute approximate surface area is 271 Å². The molecule has 0 radical (unpaired) electrons. The minimum atomic E-state index is -3.08. The number of esters is 1. The number of alkyl halides is 1. The Morgan fingerprint density at radius 1 is 0.723 bits per heavy atom. The van der Waals surface area contributed by atoms with Gasteiger partial charge in [0.1, 0.15) is 0 Å². The van der Waals surface area contributed by atoms with Crippen LogP contribution in [0.3, 0.4) is 0 Å². The van der Waals surface area contributed by atoms with Crippen molar-refractivity contribution in [1.29, 1.82) is 0 Å². The van der Waals surface area contributed by atoms with Gasteiger partial charge in [-0.1, -0.05) is 67.4 Å². The number of hydrogen-bond donors (Lipinski definition) is 2. The highest BCUT2D eigenvalue weighted by Crippen LogP contribution is 2.33. The van der Waals surface area contributed by atoms with E-state index >= 15 is 4.39 Å². The van der Waals surface area contributed by atoms with E-state index in [1.807, 2.05) is 24.3 Å². The smallest absolute Gasteiger partial charge is 0.305 e. The number of hydrogen-bond acceptors (Lipinski definition) is 7. The number of anilines is 2. The normalized spacial score (nSPS) is 12.3. The highest BCUT2D eigenvalue weighted by Gasteiger charge is 2.48. The third kappa shape index (κ3) is 7.84. The number of aromatic nitrogens is 2. The first-order valence-electron chi connectivity index (χ1n) is 15.5. The van der Waals surface area contributed by atoms with Crippen LogP contribution in [0.25, 0.3) is 21.8 Å². The van der Waals surface area contributed by atoms with E-state index in [0.29, 0.717) is 41.5 Å². The first-order valence-corrected chi connectivity index (χ1v) is 15.5. The lowest BCUT2D eigenvalue weighted by Gasteiger charge is -2.24. The van der Waals surface area contributed by atoms with Crippen LogP contribution in [0.5, 0.6) is 0 Å². The number of carbonyl (C=O) groups excluding carboxylic acids is 4. The molecule has 2 amide bonds. The topological polar surface area (TPSA) is 127 Å². The van der Waals surface area contributed by atoms with E-state index in [2.05, 4.69) is 25.3 Å². The number of ether oxygens (including phenoxy) is 1. The highest BCUT2D eigenvalue weighted by atomic mass is 19.1. The third-order valence-electron chi connectivity index (χ3n) is 7.97. The van der Waals surface area contributed by atoms with Crippen LogP contribution in [0.4, 0.5) is 15.8 Å².